The third kappa shape index (κ3) is 4.78. The van der Waals surface area contributed by atoms with Crippen molar-refractivity contribution in [3.63, 3.8) is 0 Å². The summed E-state index contributed by atoms with van der Waals surface area (Å²) in [6.07, 6.45) is 0.214. The molecule has 0 spiro atoms. The van der Waals surface area contributed by atoms with E-state index in [1.807, 2.05) is 49.4 Å². The van der Waals surface area contributed by atoms with Crippen LogP contribution in [0, 0.1) is 6.92 Å². The number of anilines is 1. The Morgan fingerprint density at radius 2 is 1.72 bits per heavy atom. The lowest BCUT2D eigenvalue weighted by molar-refractivity contribution is -0.115. The summed E-state index contributed by atoms with van der Waals surface area (Å²) in [5.74, 6) is 2.04. The average molecular weight is 429 g/mol. The fourth-order valence-electron chi connectivity index (χ4n) is 3.32. The van der Waals surface area contributed by atoms with E-state index >= 15 is 0 Å². The van der Waals surface area contributed by atoms with E-state index in [-0.39, 0.29) is 12.3 Å². The van der Waals surface area contributed by atoms with Crippen molar-refractivity contribution in [2.75, 3.05) is 19.5 Å². The van der Waals surface area contributed by atoms with Crippen LogP contribution in [0.3, 0.4) is 0 Å². The minimum Gasteiger partial charge on any atom is -0.493 e. The molecule has 3 aromatic carbocycles. The topological polar surface area (TPSA) is 86.5 Å². The molecule has 4 rings (SSSR count). The molecule has 4 aromatic rings. The van der Waals surface area contributed by atoms with Gasteiger partial charge in [0.2, 0.25) is 11.7 Å². The zero-order valence-electron chi connectivity index (χ0n) is 18.1. The van der Waals surface area contributed by atoms with Gasteiger partial charge in [-0.05, 0) is 55.0 Å². The van der Waals surface area contributed by atoms with Crippen LogP contribution in [0.2, 0.25) is 0 Å². The fraction of sp³-hybridized carbons (Fsp3) is 0.160. The van der Waals surface area contributed by atoms with Crippen molar-refractivity contribution in [1.82, 2.24) is 10.1 Å². The van der Waals surface area contributed by atoms with Crippen molar-refractivity contribution in [2.24, 2.45) is 0 Å². The van der Waals surface area contributed by atoms with Crippen LogP contribution in [-0.2, 0) is 11.2 Å². The number of aromatic nitrogens is 2. The summed E-state index contributed by atoms with van der Waals surface area (Å²) in [6, 6.07) is 20.6. The average Bonchev–Trinajstić information content (AvgIpc) is 3.30. The summed E-state index contributed by atoms with van der Waals surface area (Å²) in [4.78, 5) is 16.9. The van der Waals surface area contributed by atoms with Crippen molar-refractivity contribution in [3.8, 4) is 34.3 Å². The highest BCUT2D eigenvalue weighted by Gasteiger charge is 2.12. The standard InChI is InChI=1S/C25H23N3O4/c1-16-5-4-6-19(13-16)24-27-25(32-28-24)18-8-10-20(11-9-18)26-23(29)15-17-7-12-21(30-2)22(14-17)31-3/h4-14H,15H2,1-3H3,(H,26,29). The minimum absolute atomic E-state index is 0.135. The number of carbonyl (C=O) groups excluding carboxylic acids is 1. The highest BCUT2D eigenvalue weighted by atomic mass is 16.5. The van der Waals surface area contributed by atoms with E-state index in [0.717, 1.165) is 22.3 Å². The lowest BCUT2D eigenvalue weighted by Crippen LogP contribution is -2.14. The maximum Gasteiger partial charge on any atom is 0.258 e. The van der Waals surface area contributed by atoms with E-state index in [9.17, 15) is 4.79 Å². The first-order chi connectivity index (χ1) is 15.6. The van der Waals surface area contributed by atoms with Crippen molar-refractivity contribution < 1.29 is 18.8 Å². The Morgan fingerprint density at radius 3 is 2.44 bits per heavy atom. The van der Waals surface area contributed by atoms with Gasteiger partial charge in [0.25, 0.3) is 5.89 Å². The molecule has 0 unspecified atom stereocenters. The molecular formula is C25H23N3O4. The molecule has 1 aromatic heterocycles. The molecule has 7 heteroatoms. The smallest absolute Gasteiger partial charge is 0.258 e. The number of methoxy groups -OCH3 is 2. The molecule has 0 aliphatic carbocycles. The molecule has 0 radical (unpaired) electrons. The van der Waals surface area contributed by atoms with Crippen LogP contribution >= 0.6 is 0 Å². The van der Waals surface area contributed by atoms with Crippen molar-refractivity contribution in [1.29, 1.82) is 0 Å². The Labute approximate surface area is 186 Å². The van der Waals surface area contributed by atoms with Crippen LogP contribution in [0.5, 0.6) is 11.5 Å². The second-order valence-corrected chi connectivity index (χ2v) is 7.28. The molecule has 0 saturated heterocycles. The molecule has 1 heterocycles. The summed E-state index contributed by atoms with van der Waals surface area (Å²) in [5, 5.41) is 6.97. The first-order valence-electron chi connectivity index (χ1n) is 10.1. The number of ether oxygens (including phenoxy) is 2. The van der Waals surface area contributed by atoms with Gasteiger partial charge in [0, 0.05) is 16.8 Å². The second-order valence-electron chi connectivity index (χ2n) is 7.28. The Morgan fingerprint density at radius 1 is 0.938 bits per heavy atom. The van der Waals surface area contributed by atoms with Crippen LogP contribution in [0.25, 0.3) is 22.8 Å². The van der Waals surface area contributed by atoms with Crippen LogP contribution in [0.4, 0.5) is 5.69 Å². The maximum absolute atomic E-state index is 12.5. The number of aryl methyl sites for hydroxylation is 1. The lowest BCUT2D eigenvalue weighted by atomic mass is 10.1. The lowest BCUT2D eigenvalue weighted by Gasteiger charge is -2.10. The van der Waals surface area contributed by atoms with Gasteiger partial charge in [-0.3, -0.25) is 4.79 Å². The number of hydrogen-bond acceptors (Lipinski definition) is 6. The van der Waals surface area contributed by atoms with Crippen molar-refractivity contribution >= 4 is 11.6 Å². The number of rotatable bonds is 7. The summed E-state index contributed by atoms with van der Waals surface area (Å²) < 4.78 is 15.9. The zero-order chi connectivity index (χ0) is 22.5. The van der Waals surface area contributed by atoms with Crippen LogP contribution in [-0.4, -0.2) is 30.3 Å². The molecule has 0 fully saturated rings. The molecule has 7 nitrogen and oxygen atoms in total. The quantitative estimate of drug-likeness (QED) is 0.449. The van der Waals surface area contributed by atoms with E-state index in [1.54, 1.807) is 38.5 Å². The third-order valence-electron chi connectivity index (χ3n) is 4.93. The van der Waals surface area contributed by atoms with Crippen LogP contribution in [0.1, 0.15) is 11.1 Å². The molecule has 32 heavy (non-hydrogen) atoms. The molecule has 0 atom stereocenters. The van der Waals surface area contributed by atoms with E-state index in [4.69, 9.17) is 14.0 Å². The Balaban J connectivity index is 1.41. The molecule has 0 bridgehead atoms. The molecule has 1 amide bonds. The van der Waals surface area contributed by atoms with Gasteiger partial charge in [-0.15, -0.1) is 0 Å². The van der Waals surface area contributed by atoms with E-state index in [0.29, 0.717) is 28.9 Å². The summed E-state index contributed by atoms with van der Waals surface area (Å²) >= 11 is 0. The van der Waals surface area contributed by atoms with Gasteiger partial charge < -0.3 is 19.3 Å². The first kappa shape index (κ1) is 21.1. The highest BCUT2D eigenvalue weighted by molar-refractivity contribution is 5.92. The summed E-state index contributed by atoms with van der Waals surface area (Å²) in [6.45, 7) is 2.02. The highest BCUT2D eigenvalue weighted by Crippen LogP contribution is 2.28. The maximum atomic E-state index is 12.5. The van der Waals surface area contributed by atoms with Gasteiger partial charge in [-0.2, -0.15) is 4.98 Å². The van der Waals surface area contributed by atoms with Gasteiger partial charge >= 0.3 is 0 Å². The first-order valence-corrected chi connectivity index (χ1v) is 10.1. The number of nitrogens with zero attached hydrogens (tertiary/aromatic N) is 2. The van der Waals surface area contributed by atoms with Gasteiger partial charge in [0.15, 0.2) is 11.5 Å². The van der Waals surface area contributed by atoms with E-state index < -0.39 is 0 Å². The molecule has 1 N–H and O–H groups in total. The summed E-state index contributed by atoms with van der Waals surface area (Å²) in [5.41, 5.74) is 4.30. The number of carbonyl (C=O) groups is 1. The second kappa shape index (κ2) is 9.34. The number of nitrogens with one attached hydrogen (secondary N) is 1. The van der Waals surface area contributed by atoms with E-state index in [2.05, 4.69) is 15.5 Å². The van der Waals surface area contributed by atoms with E-state index in [1.165, 1.54) is 0 Å². The largest absolute Gasteiger partial charge is 0.493 e. The molecule has 162 valence electrons. The van der Waals surface area contributed by atoms with Gasteiger partial charge in [0.05, 0.1) is 20.6 Å². The normalized spacial score (nSPS) is 10.6. The minimum atomic E-state index is -0.135. The summed E-state index contributed by atoms with van der Waals surface area (Å²) in [7, 11) is 3.14. The Hall–Kier alpha value is -4.13. The monoisotopic (exact) mass is 429 g/mol. The number of amides is 1. The molecular weight excluding hydrogens is 406 g/mol. The molecule has 0 aliphatic heterocycles. The SMILES string of the molecule is COc1ccc(CC(=O)Nc2ccc(-c3nc(-c4cccc(C)c4)no3)cc2)cc1OC. The van der Waals surface area contributed by atoms with Crippen molar-refractivity contribution in [3.05, 3.63) is 77.9 Å². The zero-order valence-corrected chi connectivity index (χ0v) is 18.1. The van der Waals surface area contributed by atoms with Crippen LogP contribution in [0.15, 0.2) is 71.3 Å². The van der Waals surface area contributed by atoms with Gasteiger partial charge in [0.1, 0.15) is 0 Å². The fourth-order valence-corrected chi connectivity index (χ4v) is 3.32. The predicted octanol–water partition coefficient (Wildman–Crippen LogP) is 4.91. The van der Waals surface area contributed by atoms with Gasteiger partial charge in [-0.25, -0.2) is 0 Å². The molecule has 0 saturated carbocycles. The number of hydrogen-bond donors (Lipinski definition) is 1. The third-order valence-corrected chi connectivity index (χ3v) is 4.93. The van der Waals surface area contributed by atoms with Crippen molar-refractivity contribution in [2.45, 2.75) is 13.3 Å². The molecule has 0 aliphatic rings. The predicted molar refractivity (Wildman–Crippen MR) is 122 cm³/mol. The Kier molecular flexibility index (Phi) is 6.17. The Bertz CT molecular complexity index is 1230. The van der Waals surface area contributed by atoms with Gasteiger partial charge in [-0.1, -0.05) is 35.0 Å². The number of benzene rings is 3. The van der Waals surface area contributed by atoms with Crippen LogP contribution < -0.4 is 14.8 Å².